The van der Waals surface area contributed by atoms with Crippen LogP contribution in [0.4, 0.5) is 0 Å². The molecule has 0 radical (unpaired) electrons. The van der Waals surface area contributed by atoms with Gasteiger partial charge in [-0.1, -0.05) is 41.1 Å². The third-order valence-electron chi connectivity index (χ3n) is 1.31. The van der Waals surface area contributed by atoms with E-state index in [1.54, 1.807) is 0 Å². The molecular formula is C8H10OS2. The van der Waals surface area contributed by atoms with Gasteiger partial charge in [0.2, 0.25) is 0 Å². The molecule has 1 atom stereocenters. The van der Waals surface area contributed by atoms with E-state index in [2.05, 4.69) is 0 Å². The van der Waals surface area contributed by atoms with Crippen molar-refractivity contribution < 1.29 is 4.21 Å². The zero-order chi connectivity index (χ0) is 8.10. The predicted octanol–water partition coefficient (Wildman–Crippen LogP) is 2.21. The van der Waals surface area contributed by atoms with Gasteiger partial charge >= 0.3 is 0 Å². The van der Waals surface area contributed by atoms with E-state index in [4.69, 9.17) is 0 Å². The van der Waals surface area contributed by atoms with Gasteiger partial charge in [0.05, 0.1) is 15.6 Å². The average Bonchev–Trinajstić information content (AvgIpc) is 2.06. The molecule has 0 aliphatic heterocycles. The number of benzene rings is 1. The third kappa shape index (κ3) is 3.08. The van der Waals surface area contributed by atoms with Crippen LogP contribution in [0.5, 0.6) is 0 Å². The molecule has 1 rings (SSSR count). The lowest BCUT2D eigenvalue weighted by Gasteiger charge is -1.96. The van der Waals surface area contributed by atoms with Gasteiger partial charge in [-0.3, -0.25) is 0 Å². The SMILES string of the molecule is CSS(=O)Cc1ccccc1. The molecule has 1 nitrogen and oxygen atoms in total. The Labute approximate surface area is 73.1 Å². The van der Waals surface area contributed by atoms with Crippen LogP contribution >= 0.6 is 10.8 Å². The molecule has 60 valence electrons. The summed E-state index contributed by atoms with van der Waals surface area (Å²) in [5, 5.41) is 0. The monoisotopic (exact) mass is 186 g/mol. The molecule has 0 bridgehead atoms. The molecule has 0 saturated carbocycles. The molecule has 0 saturated heterocycles. The highest BCUT2D eigenvalue weighted by Gasteiger charge is 1.97. The lowest BCUT2D eigenvalue weighted by molar-refractivity contribution is 0.691. The van der Waals surface area contributed by atoms with Crippen molar-refractivity contribution >= 4 is 20.6 Å². The Kier molecular flexibility index (Phi) is 3.66. The maximum atomic E-state index is 11.1. The summed E-state index contributed by atoms with van der Waals surface area (Å²) in [7, 11) is 0.631. The minimum atomic E-state index is -0.761. The normalized spacial score (nSPS) is 12.8. The van der Waals surface area contributed by atoms with E-state index < -0.39 is 9.83 Å². The number of rotatable bonds is 3. The van der Waals surface area contributed by atoms with Crippen molar-refractivity contribution in [3.63, 3.8) is 0 Å². The van der Waals surface area contributed by atoms with Crippen LogP contribution in [0.3, 0.4) is 0 Å². The van der Waals surface area contributed by atoms with Crippen molar-refractivity contribution in [1.29, 1.82) is 0 Å². The number of hydrogen-bond acceptors (Lipinski definition) is 2. The fraction of sp³-hybridized carbons (Fsp3) is 0.250. The third-order valence-corrected chi connectivity index (χ3v) is 3.72. The smallest absolute Gasteiger partial charge is 0.0845 e. The summed E-state index contributed by atoms with van der Waals surface area (Å²) in [5.41, 5.74) is 1.14. The summed E-state index contributed by atoms with van der Waals surface area (Å²) in [5.74, 6) is 0.655. The van der Waals surface area contributed by atoms with Crippen LogP contribution in [0.15, 0.2) is 30.3 Å². The van der Waals surface area contributed by atoms with E-state index in [1.807, 2.05) is 36.6 Å². The molecule has 1 unspecified atom stereocenters. The number of hydrogen-bond donors (Lipinski definition) is 0. The summed E-state index contributed by atoms with van der Waals surface area (Å²) in [6.07, 6.45) is 1.86. The lowest BCUT2D eigenvalue weighted by Crippen LogP contribution is -1.88. The zero-order valence-corrected chi connectivity index (χ0v) is 7.95. The highest BCUT2D eigenvalue weighted by molar-refractivity contribution is 8.68. The standard InChI is InChI=1S/C8H10OS2/c1-10-11(9)7-8-5-3-2-4-6-8/h2-6H,7H2,1H3. The van der Waals surface area contributed by atoms with Crippen LogP contribution in [-0.4, -0.2) is 10.5 Å². The van der Waals surface area contributed by atoms with Gasteiger partial charge in [0.1, 0.15) is 0 Å². The largest absolute Gasteiger partial charge is 0.248 e. The Morgan fingerprint density at radius 3 is 2.55 bits per heavy atom. The Balaban J connectivity index is 2.58. The van der Waals surface area contributed by atoms with Gasteiger partial charge in [0.15, 0.2) is 0 Å². The molecule has 0 heterocycles. The van der Waals surface area contributed by atoms with Gasteiger partial charge in [0, 0.05) is 0 Å². The molecule has 3 heteroatoms. The topological polar surface area (TPSA) is 17.1 Å². The fourth-order valence-corrected chi connectivity index (χ4v) is 2.11. The van der Waals surface area contributed by atoms with Crippen molar-refractivity contribution in [2.45, 2.75) is 5.75 Å². The Hall–Kier alpha value is -0.280. The molecule has 0 spiro atoms. The second-order valence-corrected chi connectivity index (χ2v) is 5.45. The van der Waals surface area contributed by atoms with E-state index >= 15 is 0 Å². The summed E-state index contributed by atoms with van der Waals surface area (Å²) >= 11 is 0. The Morgan fingerprint density at radius 1 is 1.36 bits per heavy atom. The average molecular weight is 186 g/mol. The van der Waals surface area contributed by atoms with E-state index in [1.165, 1.54) is 10.8 Å². The van der Waals surface area contributed by atoms with Crippen LogP contribution in [0.1, 0.15) is 5.56 Å². The summed E-state index contributed by atoms with van der Waals surface area (Å²) < 4.78 is 11.1. The van der Waals surface area contributed by atoms with Crippen molar-refractivity contribution in [3.05, 3.63) is 35.9 Å². The molecule has 0 amide bonds. The van der Waals surface area contributed by atoms with Crippen molar-refractivity contribution in [1.82, 2.24) is 0 Å². The molecule has 0 fully saturated rings. The Morgan fingerprint density at radius 2 is 2.00 bits per heavy atom. The highest BCUT2D eigenvalue weighted by atomic mass is 33.1. The summed E-state index contributed by atoms with van der Waals surface area (Å²) in [4.78, 5) is 0. The first kappa shape index (κ1) is 8.81. The van der Waals surface area contributed by atoms with Gasteiger partial charge in [-0.15, -0.1) is 0 Å². The first-order valence-electron chi connectivity index (χ1n) is 3.29. The first-order chi connectivity index (χ1) is 5.33. The molecule has 0 aliphatic carbocycles. The molecule has 1 aromatic rings. The van der Waals surface area contributed by atoms with E-state index in [0.29, 0.717) is 5.75 Å². The van der Waals surface area contributed by atoms with Crippen LogP contribution in [0.2, 0.25) is 0 Å². The lowest BCUT2D eigenvalue weighted by atomic mass is 10.2. The minimum Gasteiger partial charge on any atom is -0.248 e. The fourth-order valence-electron chi connectivity index (χ4n) is 0.769. The summed E-state index contributed by atoms with van der Waals surface area (Å²) in [6, 6.07) is 9.88. The predicted molar refractivity (Wildman–Crippen MR) is 51.8 cm³/mol. The molecule has 0 aromatic heterocycles. The second-order valence-electron chi connectivity index (χ2n) is 2.10. The van der Waals surface area contributed by atoms with Gasteiger partial charge in [-0.2, -0.15) is 0 Å². The molecular weight excluding hydrogens is 176 g/mol. The second kappa shape index (κ2) is 4.57. The first-order valence-corrected chi connectivity index (χ1v) is 6.36. The van der Waals surface area contributed by atoms with Gasteiger partial charge < -0.3 is 0 Å². The maximum Gasteiger partial charge on any atom is 0.0845 e. The van der Waals surface area contributed by atoms with Crippen LogP contribution in [-0.2, 0) is 15.6 Å². The van der Waals surface area contributed by atoms with E-state index in [9.17, 15) is 4.21 Å². The van der Waals surface area contributed by atoms with Gasteiger partial charge in [0.25, 0.3) is 0 Å². The minimum absolute atomic E-state index is 0.655. The van der Waals surface area contributed by atoms with Crippen LogP contribution in [0.25, 0.3) is 0 Å². The van der Waals surface area contributed by atoms with Crippen LogP contribution < -0.4 is 0 Å². The highest BCUT2D eigenvalue weighted by Crippen LogP contribution is 2.09. The van der Waals surface area contributed by atoms with E-state index in [-0.39, 0.29) is 0 Å². The summed E-state index contributed by atoms with van der Waals surface area (Å²) in [6.45, 7) is 0. The molecule has 11 heavy (non-hydrogen) atoms. The van der Waals surface area contributed by atoms with Crippen molar-refractivity contribution in [2.24, 2.45) is 0 Å². The zero-order valence-electron chi connectivity index (χ0n) is 6.32. The van der Waals surface area contributed by atoms with Crippen molar-refractivity contribution in [3.8, 4) is 0 Å². The quantitative estimate of drug-likeness (QED) is 0.673. The van der Waals surface area contributed by atoms with E-state index in [0.717, 1.165) is 5.56 Å². The van der Waals surface area contributed by atoms with Gasteiger partial charge in [-0.05, 0) is 11.8 Å². The molecule has 0 N–H and O–H groups in total. The molecule has 1 aromatic carbocycles. The Bertz CT molecular complexity index is 233. The van der Waals surface area contributed by atoms with Crippen molar-refractivity contribution in [2.75, 3.05) is 6.26 Å². The maximum absolute atomic E-state index is 11.1. The molecule has 0 aliphatic rings. The van der Waals surface area contributed by atoms with Crippen LogP contribution in [0, 0.1) is 0 Å². The van der Waals surface area contributed by atoms with Gasteiger partial charge in [-0.25, -0.2) is 4.21 Å².